The number of halogens is 1. The summed E-state index contributed by atoms with van der Waals surface area (Å²) in [5.41, 5.74) is 0.668. The molecule has 0 spiro atoms. The Labute approximate surface area is 125 Å². The highest BCUT2D eigenvalue weighted by molar-refractivity contribution is 6.30. The van der Waals surface area contributed by atoms with E-state index in [-0.39, 0.29) is 12.1 Å². The topological polar surface area (TPSA) is 41.6 Å². The first-order chi connectivity index (χ1) is 9.33. The molecule has 5 heteroatoms. The minimum absolute atomic E-state index is 0.125. The molecule has 2 rings (SSSR count). The van der Waals surface area contributed by atoms with Gasteiger partial charge in [-0.05, 0) is 51.5 Å². The fourth-order valence-corrected chi connectivity index (χ4v) is 2.36. The maximum absolute atomic E-state index is 11.7. The van der Waals surface area contributed by atoms with E-state index in [1.54, 1.807) is 0 Å². The number of carbonyl (C=O) groups excluding carboxylic acids is 1. The van der Waals surface area contributed by atoms with Gasteiger partial charge in [0.2, 0.25) is 0 Å². The van der Waals surface area contributed by atoms with Crippen LogP contribution in [0.15, 0.2) is 24.3 Å². The third-order valence-corrected chi connectivity index (χ3v) is 3.35. The lowest BCUT2D eigenvalue weighted by Gasteiger charge is -2.22. The van der Waals surface area contributed by atoms with Crippen LogP contribution in [0.4, 0.5) is 10.5 Å². The van der Waals surface area contributed by atoms with Gasteiger partial charge in [-0.25, -0.2) is 4.79 Å². The molecule has 0 aromatic heterocycles. The van der Waals surface area contributed by atoms with Crippen LogP contribution in [-0.2, 0) is 4.74 Å². The molecule has 0 bridgehead atoms. The summed E-state index contributed by atoms with van der Waals surface area (Å²) >= 11 is 5.89. The molecule has 1 N–H and O–H groups in total. The summed E-state index contributed by atoms with van der Waals surface area (Å²) in [6.07, 6.45) is 0.572. The molecule has 1 heterocycles. The second kappa shape index (κ2) is 5.92. The number of benzene rings is 1. The molecule has 1 saturated heterocycles. The van der Waals surface area contributed by atoms with E-state index >= 15 is 0 Å². The lowest BCUT2D eigenvalue weighted by atomic mass is 10.2. The van der Waals surface area contributed by atoms with Crippen LogP contribution in [0, 0.1) is 0 Å². The minimum Gasteiger partial charge on any atom is -0.444 e. The largest absolute Gasteiger partial charge is 0.444 e. The van der Waals surface area contributed by atoms with Crippen molar-refractivity contribution < 1.29 is 9.53 Å². The van der Waals surface area contributed by atoms with Crippen molar-refractivity contribution >= 4 is 23.4 Å². The molecule has 4 nitrogen and oxygen atoms in total. The van der Waals surface area contributed by atoms with E-state index in [1.165, 1.54) is 0 Å². The van der Waals surface area contributed by atoms with Gasteiger partial charge in [0.15, 0.2) is 0 Å². The molecule has 1 aromatic carbocycles. The third-order valence-electron chi connectivity index (χ3n) is 3.10. The minimum atomic E-state index is -0.460. The highest BCUT2D eigenvalue weighted by Crippen LogP contribution is 2.22. The molecule has 0 saturated carbocycles. The number of hydrogen-bond donors (Lipinski definition) is 1. The zero-order valence-corrected chi connectivity index (χ0v) is 12.9. The zero-order valence-electron chi connectivity index (χ0n) is 12.1. The van der Waals surface area contributed by atoms with Crippen LogP contribution in [0.25, 0.3) is 0 Å². The monoisotopic (exact) mass is 296 g/mol. The van der Waals surface area contributed by atoms with Crippen molar-refractivity contribution in [2.45, 2.75) is 38.8 Å². The summed E-state index contributed by atoms with van der Waals surface area (Å²) in [7, 11) is 0. The maximum atomic E-state index is 11.7. The summed E-state index contributed by atoms with van der Waals surface area (Å²) in [5, 5.41) is 3.65. The van der Waals surface area contributed by atoms with Crippen molar-refractivity contribution in [3.8, 4) is 0 Å². The number of alkyl carbamates (subject to hydrolysis) is 1. The van der Waals surface area contributed by atoms with E-state index in [0.717, 1.165) is 30.2 Å². The van der Waals surface area contributed by atoms with Gasteiger partial charge in [0.05, 0.1) is 6.04 Å². The van der Waals surface area contributed by atoms with Crippen molar-refractivity contribution in [3.05, 3.63) is 29.3 Å². The van der Waals surface area contributed by atoms with Crippen LogP contribution in [0.2, 0.25) is 5.02 Å². The summed E-state index contributed by atoms with van der Waals surface area (Å²) in [5.74, 6) is 0. The van der Waals surface area contributed by atoms with Crippen molar-refractivity contribution in [2.75, 3.05) is 18.0 Å². The Bertz CT molecular complexity index is 468. The van der Waals surface area contributed by atoms with E-state index in [9.17, 15) is 4.79 Å². The predicted octanol–water partition coefficient (Wildman–Crippen LogP) is 3.44. The molecule has 1 aliphatic rings. The molecule has 1 fully saturated rings. The van der Waals surface area contributed by atoms with Gasteiger partial charge < -0.3 is 15.0 Å². The zero-order chi connectivity index (χ0) is 14.8. The van der Waals surface area contributed by atoms with Gasteiger partial charge in [0, 0.05) is 23.8 Å². The van der Waals surface area contributed by atoms with E-state index < -0.39 is 5.60 Å². The standard InChI is InChI=1S/C15H21ClN2O2/c1-15(2,3)20-14(19)17-12-8-9-18(10-12)13-6-4-11(16)5-7-13/h4-7,12H,8-10H2,1-3H3,(H,17,19). The molecular weight excluding hydrogens is 276 g/mol. The summed E-state index contributed by atoms with van der Waals surface area (Å²) in [6, 6.07) is 7.88. The van der Waals surface area contributed by atoms with Crippen molar-refractivity contribution in [1.29, 1.82) is 0 Å². The average molecular weight is 297 g/mol. The summed E-state index contributed by atoms with van der Waals surface area (Å²) in [4.78, 5) is 14.0. The lowest BCUT2D eigenvalue weighted by Crippen LogP contribution is -2.40. The normalized spacial score (nSPS) is 19.0. The fraction of sp³-hybridized carbons (Fsp3) is 0.533. The summed E-state index contributed by atoms with van der Waals surface area (Å²) < 4.78 is 5.27. The van der Waals surface area contributed by atoms with Gasteiger partial charge in [0.25, 0.3) is 0 Å². The molecule has 110 valence electrons. The van der Waals surface area contributed by atoms with Gasteiger partial charge in [-0.15, -0.1) is 0 Å². The van der Waals surface area contributed by atoms with Crippen LogP contribution >= 0.6 is 11.6 Å². The molecule has 1 atom stereocenters. The third kappa shape index (κ3) is 4.30. The van der Waals surface area contributed by atoms with E-state index in [1.807, 2.05) is 45.0 Å². The van der Waals surface area contributed by atoms with Crippen LogP contribution in [0.1, 0.15) is 27.2 Å². The predicted molar refractivity (Wildman–Crippen MR) is 81.4 cm³/mol. The number of anilines is 1. The van der Waals surface area contributed by atoms with E-state index in [0.29, 0.717) is 0 Å². The average Bonchev–Trinajstić information content (AvgIpc) is 2.75. The molecule has 1 unspecified atom stereocenters. The molecule has 1 aromatic rings. The number of nitrogens with one attached hydrogen (secondary N) is 1. The van der Waals surface area contributed by atoms with Crippen molar-refractivity contribution in [1.82, 2.24) is 5.32 Å². The first-order valence-corrected chi connectivity index (χ1v) is 7.21. The van der Waals surface area contributed by atoms with Crippen molar-refractivity contribution in [2.24, 2.45) is 0 Å². The van der Waals surface area contributed by atoms with E-state index in [4.69, 9.17) is 16.3 Å². The number of rotatable bonds is 2. The van der Waals surface area contributed by atoms with Crippen LogP contribution < -0.4 is 10.2 Å². The Morgan fingerprint density at radius 1 is 1.35 bits per heavy atom. The van der Waals surface area contributed by atoms with E-state index in [2.05, 4.69) is 10.2 Å². The lowest BCUT2D eigenvalue weighted by molar-refractivity contribution is 0.0509. The number of amides is 1. The number of ether oxygens (including phenoxy) is 1. The second-order valence-corrected chi connectivity index (χ2v) is 6.49. The number of nitrogens with zero attached hydrogens (tertiary/aromatic N) is 1. The second-order valence-electron chi connectivity index (χ2n) is 6.05. The SMILES string of the molecule is CC(C)(C)OC(=O)NC1CCN(c2ccc(Cl)cc2)C1. The highest BCUT2D eigenvalue weighted by atomic mass is 35.5. The number of hydrogen-bond acceptors (Lipinski definition) is 3. The maximum Gasteiger partial charge on any atom is 0.407 e. The molecule has 0 radical (unpaired) electrons. The molecular formula is C15H21ClN2O2. The van der Waals surface area contributed by atoms with Crippen LogP contribution in [-0.4, -0.2) is 30.8 Å². The van der Waals surface area contributed by atoms with Crippen LogP contribution in [0.3, 0.4) is 0 Å². The summed E-state index contributed by atoms with van der Waals surface area (Å²) in [6.45, 7) is 7.30. The van der Waals surface area contributed by atoms with Gasteiger partial charge in [-0.1, -0.05) is 11.6 Å². The quantitative estimate of drug-likeness (QED) is 0.909. The Morgan fingerprint density at radius 2 is 2.00 bits per heavy atom. The highest BCUT2D eigenvalue weighted by Gasteiger charge is 2.26. The van der Waals surface area contributed by atoms with Crippen molar-refractivity contribution in [3.63, 3.8) is 0 Å². The van der Waals surface area contributed by atoms with Crippen LogP contribution in [0.5, 0.6) is 0 Å². The Morgan fingerprint density at radius 3 is 2.60 bits per heavy atom. The Balaban J connectivity index is 1.86. The smallest absolute Gasteiger partial charge is 0.407 e. The fourth-order valence-electron chi connectivity index (χ4n) is 2.24. The van der Waals surface area contributed by atoms with Gasteiger partial charge in [-0.3, -0.25) is 0 Å². The van der Waals surface area contributed by atoms with Gasteiger partial charge >= 0.3 is 6.09 Å². The first-order valence-electron chi connectivity index (χ1n) is 6.83. The molecule has 20 heavy (non-hydrogen) atoms. The molecule has 0 aliphatic carbocycles. The van der Waals surface area contributed by atoms with Gasteiger partial charge in [-0.2, -0.15) is 0 Å². The number of carbonyl (C=O) groups is 1. The Kier molecular flexibility index (Phi) is 4.43. The first kappa shape index (κ1) is 15.0. The van der Waals surface area contributed by atoms with Gasteiger partial charge in [0.1, 0.15) is 5.60 Å². The molecule has 1 amide bonds. The Hall–Kier alpha value is -1.42. The molecule has 1 aliphatic heterocycles.